The molecule has 2 aromatic rings. The summed E-state index contributed by atoms with van der Waals surface area (Å²) in [5.74, 6) is 0. The highest BCUT2D eigenvalue weighted by Crippen LogP contribution is 2.24. The Bertz CT molecular complexity index is 541. The number of hydrogen-bond acceptors (Lipinski definition) is 4. The van der Waals surface area contributed by atoms with Crippen molar-refractivity contribution in [1.29, 1.82) is 0 Å². The van der Waals surface area contributed by atoms with Gasteiger partial charge in [-0.3, -0.25) is 0 Å². The van der Waals surface area contributed by atoms with Gasteiger partial charge in [-0.05, 0) is 6.92 Å². The Labute approximate surface area is 124 Å². The summed E-state index contributed by atoms with van der Waals surface area (Å²) in [5.41, 5.74) is 3.75. The van der Waals surface area contributed by atoms with Gasteiger partial charge in [0.05, 0.1) is 5.69 Å². The highest BCUT2D eigenvalue weighted by molar-refractivity contribution is 7.13. The molecular formula is C16H21N3S. The van der Waals surface area contributed by atoms with Crippen molar-refractivity contribution in [3.63, 3.8) is 0 Å². The molecule has 0 spiro atoms. The van der Waals surface area contributed by atoms with E-state index in [1.54, 1.807) is 11.3 Å². The topological polar surface area (TPSA) is 28.2 Å². The molecule has 0 radical (unpaired) electrons. The summed E-state index contributed by atoms with van der Waals surface area (Å²) in [6.45, 7) is 7.80. The predicted molar refractivity (Wildman–Crippen MR) is 85.3 cm³/mol. The smallest absolute Gasteiger partial charge is 0.123 e. The van der Waals surface area contributed by atoms with Crippen LogP contribution in [0.5, 0.6) is 0 Å². The molecule has 1 fully saturated rings. The molecule has 0 amide bonds. The molecule has 1 aromatic heterocycles. The molecule has 0 bridgehead atoms. The fourth-order valence-corrected chi connectivity index (χ4v) is 3.32. The van der Waals surface area contributed by atoms with Gasteiger partial charge >= 0.3 is 0 Å². The second-order valence-electron chi connectivity index (χ2n) is 5.35. The summed E-state index contributed by atoms with van der Waals surface area (Å²) in [5, 5.41) is 6.73. The van der Waals surface area contributed by atoms with E-state index in [0.29, 0.717) is 0 Å². The van der Waals surface area contributed by atoms with Crippen molar-refractivity contribution in [3.8, 4) is 10.6 Å². The summed E-state index contributed by atoms with van der Waals surface area (Å²) < 4.78 is 0. The van der Waals surface area contributed by atoms with E-state index in [4.69, 9.17) is 4.98 Å². The quantitative estimate of drug-likeness (QED) is 0.937. The Hall–Kier alpha value is -1.23. The summed E-state index contributed by atoms with van der Waals surface area (Å²) >= 11 is 1.75. The van der Waals surface area contributed by atoms with Crippen LogP contribution < -0.4 is 5.32 Å². The number of aryl methyl sites for hydroxylation is 1. The van der Waals surface area contributed by atoms with Gasteiger partial charge in [0.15, 0.2) is 0 Å². The minimum atomic E-state index is 1.06. The highest BCUT2D eigenvalue weighted by atomic mass is 32.1. The minimum absolute atomic E-state index is 1.06. The molecule has 4 heteroatoms. The zero-order valence-electron chi connectivity index (χ0n) is 11.9. The monoisotopic (exact) mass is 287 g/mol. The Morgan fingerprint density at radius 2 is 1.95 bits per heavy atom. The number of thiazole rings is 1. The summed E-state index contributed by atoms with van der Waals surface area (Å²) in [7, 11) is 0. The van der Waals surface area contributed by atoms with Gasteiger partial charge in [0, 0.05) is 50.1 Å². The first-order valence-corrected chi connectivity index (χ1v) is 8.14. The van der Waals surface area contributed by atoms with Crippen LogP contribution in [0.25, 0.3) is 10.6 Å². The molecule has 106 valence electrons. The lowest BCUT2D eigenvalue weighted by Gasteiger charge is -2.26. The molecule has 0 unspecified atom stereocenters. The van der Waals surface area contributed by atoms with Crippen LogP contribution in [0.4, 0.5) is 0 Å². The van der Waals surface area contributed by atoms with E-state index < -0.39 is 0 Å². The van der Waals surface area contributed by atoms with Gasteiger partial charge in [-0.1, -0.05) is 29.8 Å². The van der Waals surface area contributed by atoms with Gasteiger partial charge in [-0.2, -0.15) is 0 Å². The molecule has 3 rings (SSSR count). The highest BCUT2D eigenvalue weighted by Gasteiger charge is 2.10. The van der Waals surface area contributed by atoms with Crippen LogP contribution >= 0.6 is 11.3 Å². The third-order valence-corrected chi connectivity index (χ3v) is 4.68. The van der Waals surface area contributed by atoms with E-state index in [2.05, 4.69) is 46.8 Å². The normalized spacial score (nSPS) is 16.4. The van der Waals surface area contributed by atoms with Gasteiger partial charge in [0.2, 0.25) is 0 Å². The van der Waals surface area contributed by atoms with Crippen LogP contribution in [0, 0.1) is 6.92 Å². The van der Waals surface area contributed by atoms with Crippen molar-refractivity contribution >= 4 is 11.3 Å². The number of nitrogens with zero attached hydrogens (tertiary/aromatic N) is 2. The molecule has 20 heavy (non-hydrogen) atoms. The molecule has 1 saturated heterocycles. The zero-order chi connectivity index (χ0) is 13.8. The van der Waals surface area contributed by atoms with E-state index in [-0.39, 0.29) is 0 Å². The molecule has 1 aliphatic heterocycles. The molecular weight excluding hydrogens is 266 g/mol. The molecule has 1 aromatic carbocycles. The van der Waals surface area contributed by atoms with E-state index in [9.17, 15) is 0 Å². The number of aromatic nitrogens is 1. The Balaban J connectivity index is 1.60. The predicted octanol–water partition coefficient (Wildman–Crippen LogP) is 2.57. The lowest BCUT2D eigenvalue weighted by molar-refractivity contribution is 0.243. The molecule has 1 aliphatic rings. The van der Waals surface area contributed by atoms with Crippen LogP contribution in [0.1, 0.15) is 11.3 Å². The Kier molecular flexibility index (Phi) is 4.45. The van der Waals surface area contributed by atoms with E-state index in [0.717, 1.165) is 44.2 Å². The molecule has 0 saturated carbocycles. The second-order valence-corrected chi connectivity index (χ2v) is 6.21. The summed E-state index contributed by atoms with van der Waals surface area (Å²) in [6.07, 6.45) is 1.06. The number of rotatable bonds is 4. The number of piperazine rings is 1. The van der Waals surface area contributed by atoms with Gasteiger partial charge in [-0.25, -0.2) is 4.98 Å². The van der Waals surface area contributed by atoms with Crippen molar-refractivity contribution in [1.82, 2.24) is 15.2 Å². The number of nitrogens with one attached hydrogen (secondary N) is 1. The molecule has 2 heterocycles. The molecule has 0 atom stereocenters. The number of hydrogen-bond donors (Lipinski definition) is 1. The van der Waals surface area contributed by atoms with Gasteiger partial charge in [0.25, 0.3) is 0 Å². The van der Waals surface area contributed by atoms with Gasteiger partial charge in [0.1, 0.15) is 5.01 Å². The summed E-state index contributed by atoms with van der Waals surface area (Å²) in [4.78, 5) is 7.29. The maximum absolute atomic E-state index is 4.77. The van der Waals surface area contributed by atoms with Gasteiger partial charge in [-0.15, -0.1) is 11.3 Å². The van der Waals surface area contributed by atoms with E-state index in [1.807, 2.05) is 0 Å². The van der Waals surface area contributed by atoms with E-state index >= 15 is 0 Å². The fraction of sp³-hybridized carbons (Fsp3) is 0.438. The van der Waals surface area contributed by atoms with Crippen LogP contribution in [-0.2, 0) is 6.42 Å². The largest absolute Gasteiger partial charge is 0.314 e. The van der Waals surface area contributed by atoms with Crippen molar-refractivity contribution < 1.29 is 0 Å². The maximum atomic E-state index is 4.77. The maximum Gasteiger partial charge on any atom is 0.123 e. The summed E-state index contributed by atoms with van der Waals surface area (Å²) in [6, 6.07) is 8.62. The zero-order valence-corrected chi connectivity index (χ0v) is 12.7. The van der Waals surface area contributed by atoms with Crippen molar-refractivity contribution in [2.75, 3.05) is 32.7 Å². The fourth-order valence-electron chi connectivity index (χ4n) is 2.46. The van der Waals surface area contributed by atoms with Gasteiger partial charge < -0.3 is 10.2 Å². The third-order valence-electron chi connectivity index (χ3n) is 3.74. The second kappa shape index (κ2) is 6.48. The lowest BCUT2D eigenvalue weighted by Crippen LogP contribution is -2.44. The average molecular weight is 287 g/mol. The first-order chi connectivity index (χ1) is 9.81. The molecule has 0 aliphatic carbocycles. The molecule has 1 N–H and O–H groups in total. The van der Waals surface area contributed by atoms with Crippen LogP contribution in [-0.4, -0.2) is 42.6 Å². The number of benzene rings is 1. The first kappa shape index (κ1) is 13.7. The van der Waals surface area contributed by atoms with Crippen molar-refractivity contribution in [3.05, 3.63) is 40.9 Å². The Morgan fingerprint density at radius 3 is 2.70 bits per heavy atom. The average Bonchev–Trinajstić information content (AvgIpc) is 2.96. The lowest BCUT2D eigenvalue weighted by atomic mass is 10.2. The standard InChI is InChI=1S/C16H21N3S/c1-13-2-4-14(5-3-13)16-18-15(12-20-16)6-9-19-10-7-17-8-11-19/h2-5,12,17H,6-11H2,1H3. The minimum Gasteiger partial charge on any atom is -0.314 e. The Morgan fingerprint density at radius 1 is 1.20 bits per heavy atom. The molecule has 3 nitrogen and oxygen atoms in total. The van der Waals surface area contributed by atoms with Crippen LogP contribution in [0.2, 0.25) is 0 Å². The van der Waals surface area contributed by atoms with Crippen molar-refractivity contribution in [2.24, 2.45) is 0 Å². The van der Waals surface area contributed by atoms with E-state index in [1.165, 1.54) is 16.8 Å². The first-order valence-electron chi connectivity index (χ1n) is 7.26. The SMILES string of the molecule is Cc1ccc(-c2nc(CCN3CCNCC3)cs2)cc1. The van der Waals surface area contributed by atoms with Crippen molar-refractivity contribution in [2.45, 2.75) is 13.3 Å². The van der Waals surface area contributed by atoms with Crippen LogP contribution in [0.3, 0.4) is 0 Å². The third kappa shape index (κ3) is 3.45. The van der Waals surface area contributed by atoms with Crippen LogP contribution in [0.15, 0.2) is 29.6 Å².